The maximum Gasteiger partial charge on any atom is 0.233 e. The number of hydrogen-bond acceptors (Lipinski definition) is 5. The summed E-state index contributed by atoms with van der Waals surface area (Å²) in [5.74, 6) is 0.498. The molecule has 4 aromatic rings. The number of carbonyl (C=O) groups is 1. The van der Waals surface area contributed by atoms with Crippen LogP contribution in [-0.2, 0) is 11.3 Å². The fourth-order valence-corrected chi connectivity index (χ4v) is 4.26. The third kappa shape index (κ3) is 5.46. The second-order valence-electron chi connectivity index (χ2n) is 7.74. The van der Waals surface area contributed by atoms with E-state index in [1.54, 1.807) is 24.5 Å². The second kappa shape index (κ2) is 10.4. The molecule has 1 amide bonds. The quantitative estimate of drug-likeness (QED) is 0.346. The molecule has 0 saturated heterocycles. The highest BCUT2D eigenvalue weighted by atomic mass is 32.2. The largest absolute Gasteiger partial charge is 0.335 e. The predicted octanol–water partition coefficient (Wildman–Crippen LogP) is 5.00. The molecule has 0 aliphatic heterocycles. The predicted molar refractivity (Wildman–Crippen MR) is 127 cm³/mol. The van der Waals surface area contributed by atoms with Gasteiger partial charge in [-0.25, -0.2) is 4.39 Å². The summed E-state index contributed by atoms with van der Waals surface area (Å²) in [6.45, 7) is 4.56. The molecule has 168 valence electrons. The Balaban J connectivity index is 1.59. The van der Waals surface area contributed by atoms with E-state index < -0.39 is 0 Å². The minimum Gasteiger partial charge on any atom is -0.335 e. The molecule has 0 aliphatic carbocycles. The van der Waals surface area contributed by atoms with Crippen LogP contribution in [0, 0.1) is 5.82 Å². The maximum absolute atomic E-state index is 13.5. The molecule has 0 fully saturated rings. The molecule has 0 aliphatic rings. The summed E-state index contributed by atoms with van der Waals surface area (Å²) in [4.78, 5) is 19.0. The summed E-state index contributed by atoms with van der Waals surface area (Å²) in [6.07, 6.45) is 3.36. The van der Waals surface area contributed by atoms with Gasteiger partial charge in [-0.05, 0) is 55.8 Å². The second-order valence-corrected chi connectivity index (χ2v) is 8.69. The van der Waals surface area contributed by atoms with E-state index in [0.717, 1.165) is 11.1 Å². The Hall–Kier alpha value is -3.52. The van der Waals surface area contributed by atoms with Crippen LogP contribution in [0.5, 0.6) is 0 Å². The molecule has 0 saturated carbocycles. The zero-order chi connectivity index (χ0) is 23.2. The van der Waals surface area contributed by atoms with Crippen molar-refractivity contribution < 1.29 is 9.18 Å². The Morgan fingerprint density at radius 2 is 1.70 bits per heavy atom. The van der Waals surface area contributed by atoms with Gasteiger partial charge in [0.1, 0.15) is 5.82 Å². The Bertz CT molecular complexity index is 1200. The Kier molecular flexibility index (Phi) is 7.14. The summed E-state index contributed by atoms with van der Waals surface area (Å²) < 4.78 is 15.4. The molecular weight excluding hydrogens is 437 g/mol. The van der Waals surface area contributed by atoms with Crippen LogP contribution in [0.4, 0.5) is 4.39 Å². The minimum atomic E-state index is -0.324. The van der Waals surface area contributed by atoms with Crippen LogP contribution in [0.25, 0.3) is 17.1 Å². The van der Waals surface area contributed by atoms with Gasteiger partial charge in [0.05, 0.1) is 5.75 Å². The summed E-state index contributed by atoms with van der Waals surface area (Å²) in [7, 11) is 0. The van der Waals surface area contributed by atoms with Crippen molar-refractivity contribution in [2.75, 3.05) is 5.75 Å². The first-order valence-electron chi connectivity index (χ1n) is 10.6. The van der Waals surface area contributed by atoms with Gasteiger partial charge in [0.15, 0.2) is 11.0 Å². The van der Waals surface area contributed by atoms with Crippen molar-refractivity contribution in [1.29, 1.82) is 0 Å². The van der Waals surface area contributed by atoms with Crippen LogP contribution in [0.2, 0.25) is 0 Å². The zero-order valence-electron chi connectivity index (χ0n) is 18.4. The van der Waals surface area contributed by atoms with Gasteiger partial charge >= 0.3 is 0 Å². The van der Waals surface area contributed by atoms with Crippen LogP contribution < -0.4 is 0 Å². The average Bonchev–Trinajstić information content (AvgIpc) is 3.26. The summed E-state index contributed by atoms with van der Waals surface area (Å²) in [6, 6.07) is 19.8. The number of pyridine rings is 1. The number of hydrogen-bond donors (Lipinski definition) is 0. The first-order chi connectivity index (χ1) is 16.0. The van der Waals surface area contributed by atoms with Gasteiger partial charge in [-0.1, -0.05) is 42.1 Å². The van der Waals surface area contributed by atoms with Gasteiger partial charge in [-0.3, -0.25) is 14.3 Å². The van der Waals surface area contributed by atoms with Gasteiger partial charge < -0.3 is 4.90 Å². The van der Waals surface area contributed by atoms with Crippen LogP contribution in [0.3, 0.4) is 0 Å². The Labute approximate surface area is 196 Å². The molecule has 2 aromatic carbocycles. The molecule has 4 rings (SSSR count). The topological polar surface area (TPSA) is 63.9 Å². The number of rotatable bonds is 8. The first-order valence-corrected chi connectivity index (χ1v) is 11.6. The fraction of sp³-hybridized carbons (Fsp3) is 0.200. The molecule has 2 heterocycles. The monoisotopic (exact) mass is 461 g/mol. The molecule has 2 aromatic heterocycles. The van der Waals surface area contributed by atoms with Crippen molar-refractivity contribution in [3.8, 4) is 17.1 Å². The van der Waals surface area contributed by atoms with Gasteiger partial charge in [0.2, 0.25) is 5.91 Å². The molecule has 33 heavy (non-hydrogen) atoms. The van der Waals surface area contributed by atoms with E-state index in [-0.39, 0.29) is 23.5 Å². The normalized spacial score (nSPS) is 11.0. The van der Waals surface area contributed by atoms with Crippen molar-refractivity contribution in [3.63, 3.8) is 0 Å². The molecule has 0 radical (unpaired) electrons. The van der Waals surface area contributed by atoms with E-state index in [1.807, 2.05) is 65.8 Å². The van der Waals surface area contributed by atoms with Crippen LogP contribution in [-0.4, -0.2) is 42.4 Å². The lowest BCUT2D eigenvalue weighted by Gasteiger charge is -2.27. The smallest absolute Gasteiger partial charge is 0.233 e. The van der Waals surface area contributed by atoms with Gasteiger partial charge in [0.25, 0.3) is 0 Å². The van der Waals surface area contributed by atoms with Crippen molar-refractivity contribution >= 4 is 17.7 Å². The van der Waals surface area contributed by atoms with E-state index >= 15 is 0 Å². The van der Waals surface area contributed by atoms with Crippen LogP contribution in [0.1, 0.15) is 19.4 Å². The van der Waals surface area contributed by atoms with Crippen LogP contribution >= 0.6 is 11.8 Å². The lowest BCUT2D eigenvalue weighted by Crippen LogP contribution is -2.37. The van der Waals surface area contributed by atoms with E-state index in [0.29, 0.717) is 23.2 Å². The fourth-order valence-electron chi connectivity index (χ4n) is 3.42. The minimum absolute atomic E-state index is 0.0120. The number of aromatic nitrogens is 4. The standard InChI is InChI=1S/C25H24FN5OS/c1-18(2)30(16-19-6-4-3-5-7-19)23(32)17-33-25-29-28-24(20-12-14-27-15-13-20)31(25)22-10-8-21(26)9-11-22/h3-15,18H,16-17H2,1-2H3. The highest BCUT2D eigenvalue weighted by molar-refractivity contribution is 7.99. The number of thioether (sulfide) groups is 1. The van der Waals surface area contributed by atoms with E-state index in [2.05, 4.69) is 15.2 Å². The van der Waals surface area contributed by atoms with Crippen molar-refractivity contribution in [2.24, 2.45) is 0 Å². The molecule has 6 nitrogen and oxygen atoms in total. The lowest BCUT2D eigenvalue weighted by atomic mass is 10.2. The van der Waals surface area contributed by atoms with Crippen molar-refractivity contribution in [3.05, 3.63) is 90.5 Å². The molecular formula is C25H24FN5OS. The number of benzene rings is 2. The van der Waals surface area contributed by atoms with Gasteiger partial charge in [0, 0.05) is 36.2 Å². The Morgan fingerprint density at radius 3 is 2.36 bits per heavy atom. The highest BCUT2D eigenvalue weighted by Gasteiger charge is 2.21. The van der Waals surface area contributed by atoms with Crippen molar-refractivity contribution in [2.45, 2.75) is 31.6 Å². The van der Waals surface area contributed by atoms with E-state index in [9.17, 15) is 9.18 Å². The summed E-state index contributed by atoms with van der Waals surface area (Å²) >= 11 is 1.31. The molecule has 8 heteroatoms. The SMILES string of the molecule is CC(C)N(Cc1ccccc1)C(=O)CSc1nnc(-c2ccncc2)n1-c1ccc(F)cc1. The van der Waals surface area contributed by atoms with Crippen molar-refractivity contribution in [1.82, 2.24) is 24.6 Å². The Morgan fingerprint density at radius 1 is 1.00 bits per heavy atom. The lowest BCUT2D eigenvalue weighted by molar-refractivity contribution is -0.130. The first kappa shape index (κ1) is 22.7. The maximum atomic E-state index is 13.5. The van der Waals surface area contributed by atoms with Crippen LogP contribution in [0.15, 0.2) is 84.3 Å². The van der Waals surface area contributed by atoms with Gasteiger partial charge in [-0.15, -0.1) is 10.2 Å². The van der Waals surface area contributed by atoms with E-state index in [1.165, 1.54) is 23.9 Å². The molecule has 0 N–H and O–H groups in total. The average molecular weight is 462 g/mol. The highest BCUT2D eigenvalue weighted by Crippen LogP contribution is 2.28. The molecule has 0 bridgehead atoms. The zero-order valence-corrected chi connectivity index (χ0v) is 19.2. The van der Waals surface area contributed by atoms with Gasteiger partial charge in [-0.2, -0.15) is 0 Å². The number of carbonyl (C=O) groups excluding carboxylic acids is 1. The number of halogens is 1. The van der Waals surface area contributed by atoms with E-state index in [4.69, 9.17) is 0 Å². The molecule has 0 spiro atoms. The third-order valence-corrected chi connectivity index (χ3v) is 6.03. The number of nitrogens with zero attached hydrogens (tertiary/aromatic N) is 5. The molecule has 0 atom stereocenters. The summed E-state index contributed by atoms with van der Waals surface area (Å²) in [5, 5.41) is 9.26. The third-order valence-electron chi connectivity index (χ3n) is 5.12. The number of amides is 1. The summed E-state index contributed by atoms with van der Waals surface area (Å²) in [5.41, 5.74) is 2.63. The molecule has 0 unspecified atom stereocenters.